The van der Waals surface area contributed by atoms with Crippen molar-refractivity contribution in [3.8, 4) is 0 Å². The minimum absolute atomic E-state index is 0.522. The molecule has 2 atom stereocenters. The highest BCUT2D eigenvalue weighted by Crippen LogP contribution is 2.45. The Morgan fingerprint density at radius 1 is 0.517 bits per heavy atom. The van der Waals surface area contributed by atoms with Gasteiger partial charge in [-0.2, -0.15) is 0 Å². The fourth-order valence-electron chi connectivity index (χ4n) is 4.87. The molecular weight excluding hydrogens is 352 g/mol. The van der Waals surface area contributed by atoms with Crippen LogP contribution in [0.5, 0.6) is 0 Å². The third-order valence-corrected chi connectivity index (χ3v) is 7.09. The molecule has 0 amide bonds. The van der Waals surface area contributed by atoms with E-state index in [1.165, 1.54) is 122 Å². The molecule has 0 bridgehead atoms. The molecule has 1 rings (SSSR count). The van der Waals surface area contributed by atoms with Gasteiger partial charge < -0.3 is 0 Å². The molecule has 29 heavy (non-hydrogen) atoms. The van der Waals surface area contributed by atoms with Gasteiger partial charge in [-0.3, -0.25) is 4.79 Å². The van der Waals surface area contributed by atoms with Gasteiger partial charge in [0.2, 0.25) is 0 Å². The second-order valence-electron chi connectivity index (χ2n) is 10.0. The predicted octanol–water partition coefficient (Wildman–Crippen LogP) is 9.81. The average Bonchev–Trinajstić information content (AvgIpc) is 3.47. The lowest BCUT2D eigenvalue weighted by molar-refractivity contribution is -0.119. The van der Waals surface area contributed by atoms with Gasteiger partial charge in [0, 0.05) is 12.8 Å². The first-order chi connectivity index (χ1) is 14.3. The van der Waals surface area contributed by atoms with Crippen LogP contribution in [-0.4, -0.2) is 5.78 Å². The lowest BCUT2D eigenvalue weighted by atomic mass is 10.0. The van der Waals surface area contributed by atoms with Crippen LogP contribution in [0.3, 0.4) is 0 Å². The summed E-state index contributed by atoms with van der Waals surface area (Å²) in [6.07, 6.45) is 30.6. The van der Waals surface area contributed by atoms with Crippen LogP contribution in [0.1, 0.15) is 162 Å². The van der Waals surface area contributed by atoms with Crippen LogP contribution in [0.25, 0.3) is 0 Å². The Balaban J connectivity index is 1.75. The van der Waals surface area contributed by atoms with Crippen molar-refractivity contribution in [1.29, 1.82) is 0 Å². The quantitative estimate of drug-likeness (QED) is 0.154. The second kappa shape index (κ2) is 19.6. The number of ketones is 1. The Bertz CT molecular complexity index is 361. The maximum Gasteiger partial charge on any atom is 0.132 e. The van der Waals surface area contributed by atoms with Gasteiger partial charge in [0.15, 0.2) is 0 Å². The van der Waals surface area contributed by atoms with Crippen LogP contribution in [0.4, 0.5) is 0 Å². The van der Waals surface area contributed by atoms with Gasteiger partial charge in [0.25, 0.3) is 0 Å². The summed E-state index contributed by atoms with van der Waals surface area (Å²) in [5.41, 5.74) is 0. The van der Waals surface area contributed by atoms with Crippen LogP contribution in [-0.2, 0) is 4.79 Å². The molecule has 2 unspecified atom stereocenters. The summed E-state index contributed by atoms with van der Waals surface area (Å²) in [5, 5.41) is 0. The van der Waals surface area contributed by atoms with Gasteiger partial charge >= 0.3 is 0 Å². The fraction of sp³-hybridized carbons (Fsp3) is 0.964. The summed E-state index contributed by atoms with van der Waals surface area (Å²) in [6.45, 7) is 4.56. The number of Topliss-reactive ketones (excluding diaryl/α,β-unsaturated/α-hetero) is 1. The summed E-state index contributed by atoms with van der Waals surface area (Å²) in [4.78, 5) is 12.0. The van der Waals surface area contributed by atoms with Crippen molar-refractivity contribution in [3.05, 3.63) is 0 Å². The summed E-state index contributed by atoms with van der Waals surface area (Å²) in [6, 6.07) is 0. The lowest BCUT2D eigenvalue weighted by Crippen LogP contribution is -1.97. The van der Waals surface area contributed by atoms with Crippen molar-refractivity contribution in [2.75, 3.05) is 0 Å². The first-order valence-corrected chi connectivity index (χ1v) is 13.8. The van der Waals surface area contributed by atoms with E-state index in [9.17, 15) is 4.79 Å². The van der Waals surface area contributed by atoms with Crippen molar-refractivity contribution in [2.45, 2.75) is 162 Å². The van der Waals surface area contributed by atoms with Gasteiger partial charge in [-0.15, -0.1) is 0 Å². The molecule has 0 N–H and O–H groups in total. The molecule has 0 radical (unpaired) electrons. The summed E-state index contributed by atoms with van der Waals surface area (Å²) < 4.78 is 0. The number of unbranched alkanes of at least 4 members (excludes halogenated alkanes) is 15. The molecule has 0 aliphatic heterocycles. The highest BCUT2D eigenvalue weighted by Gasteiger charge is 2.34. The van der Waals surface area contributed by atoms with E-state index in [0.717, 1.165) is 37.5 Å². The van der Waals surface area contributed by atoms with Crippen LogP contribution in [0.15, 0.2) is 0 Å². The number of carbonyl (C=O) groups excluding carboxylic acids is 1. The molecule has 1 aliphatic rings. The molecule has 1 fully saturated rings. The van der Waals surface area contributed by atoms with E-state index in [0.29, 0.717) is 5.78 Å². The molecular formula is C28H54O. The van der Waals surface area contributed by atoms with Crippen LogP contribution >= 0.6 is 0 Å². The number of hydrogen-bond donors (Lipinski definition) is 0. The van der Waals surface area contributed by atoms with E-state index in [-0.39, 0.29) is 0 Å². The van der Waals surface area contributed by atoms with Gasteiger partial charge in [-0.1, -0.05) is 129 Å². The molecule has 0 spiro atoms. The maximum absolute atomic E-state index is 12.0. The normalized spacial score (nSPS) is 18.3. The summed E-state index contributed by atoms with van der Waals surface area (Å²) >= 11 is 0. The molecule has 1 aliphatic carbocycles. The molecule has 1 saturated carbocycles. The lowest BCUT2D eigenvalue weighted by Gasteiger charge is -2.04. The fourth-order valence-corrected chi connectivity index (χ4v) is 4.87. The van der Waals surface area contributed by atoms with E-state index in [1.807, 2.05) is 0 Å². The topological polar surface area (TPSA) is 17.1 Å². The monoisotopic (exact) mass is 406 g/mol. The predicted molar refractivity (Wildman–Crippen MR) is 130 cm³/mol. The zero-order valence-electron chi connectivity index (χ0n) is 20.3. The zero-order valence-corrected chi connectivity index (χ0v) is 20.3. The van der Waals surface area contributed by atoms with E-state index < -0.39 is 0 Å². The largest absolute Gasteiger partial charge is 0.300 e. The highest BCUT2D eigenvalue weighted by atomic mass is 16.1. The van der Waals surface area contributed by atoms with E-state index in [2.05, 4.69) is 13.8 Å². The standard InChI is InChI=1S/C28H54O/c1-3-5-7-9-11-15-19-23-28(29)24-20-16-12-14-18-22-27-25-26(27)21-17-13-10-8-6-4-2/h26-27H,3-25H2,1-2H3. The molecule has 172 valence electrons. The Labute approximate surface area is 184 Å². The number of hydrogen-bond acceptors (Lipinski definition) is 1. The minimum Gasteiger partial charge on any atom is -0.300 e. The van der Waals surface area contributed by atoms with Crippen molar-refractivity contribution in [1.82, 2.24) is 0 Å². The molecule has 0 heterocycles. The molecule has 0 aromatic rings. The van der Waals surface area contributed by atoms with Crippen molar-refractivity contribution in [3.63, 3.8) is 0 Å². The summed E-state index contributed by atoms with van der Waals surface area (Å²) in [5.74, 6) is 2.69. The van der Waals surface area contributed by atoms with Gasteiger partial charge in [-0.05, 0) is 31.1 Å². The van der Waals surface area contributed by atoms with Crippen LogP contribution in [0.2, 0.25) is 0 Å². The van der Waals surface area contributed by atoms with Gasteiger partial charge in [0.1, 0.15) is 5.78 Å². The Kier molecular flexibility index (Phi) is 18.1. The molecule has 1 nitrogen and oxygen atoms in total. The van der Waals surface area contributed by atoms with E-state index in [4.69, 9.17) is 0 Å². The molecule has 0 aromatic heterocycles. The second-order valence-corrected chi connectivity index (χ2v) is 10.0. The van der Waals surface area contributed by atoms with Crippen LogP contribution in [0, 0.1) is 11.8 Å². The molecule has 0 saturated heterocycles. The van der Waals surface area contributed by atoms with E-state index >= 15 is 0 Å². The third-order valence-electron chi connectivity index (χ3n) is 7.09. The van der Waals surface area contributed by atoms with Crippen molar-refractivity contribution >= 4 is 5.78 Å². The van der Waals surface area contributed by atoms with Gasteiger partial charge in [0.05, 0.1) is 0 Å². The maximum atomic E-state index is 12.0. The zero-order chi connectivity index (χ0) is 21.0. The Morgan fingerprint density at radius 3 is 1.28 bits per heavy atom. The Morgan fingerprint density at radius 2 is 0.862 bits per heavy atom. The minimum atomic E-state index is 0.522. The average molecular weight is 407 g/mol. The van der Waals surface area contributed by atoms with Crippen molar-refractivity contribution in [2.24, 2.45) is 11.8 Å². The number of rotatable bonds is 23. The molecule has 0 aromatic carbocycles. The first kappa shape index (κ1) is 26.7. The van der Waals surface area contributed by atoms with Crippen LogP contribution < -0.4 is 0 Å². The number of carbonyl (C=O) groups is 1. The highest BCUT2D eigenvalue weighted by molar-refractivity contribution is 5.78. The Hall–Kier alpha value is -0.330. The smallest absolute Gasteiger partial charge is 0.132 e. The molecule has 1 heteroatoms. The SMILES string of the molecule is CCCCCCCCCC(=O)CCCCCCCC1CC1CCCCCCCC. The van der Waals surface area contributed by atoms with Gasteiger partial charge in [-0.25, -0.2) is 0 Å². The first-order valence-electron chi connectivity index (χ1n) is 13.8. The van der Waals surface area contributed by atoms with Crippen molar-refractivity contribution < 1.29 is 4.79 Å². The van der Waals surface area contributed by atoms with E-state index in [1.54, 1.807) is 0 Å². The summed E-state index contributed by atoms with van der Waals surface area (Å²) in [7, 11) is 0. The third kappa shape index (κ3) is 17.1.